The van der Waals surface area contributed by atoms with Crippen LogP contribution in [0.1, 0.15) is 23.4 Å². The number of ether oxygens (including phenoxy) is 1. The summed E-state index contributed by atoms with van der Waals surface area (Å²) in [6, 6.07) is 8.55. The summed E-state index contributed by atoms with van der Waals surface area (Å²) in [4.78, 5) is 1.35. The van der Waals surface area contributed by atoms with Crippen LogP contribution in [0.5, 0.6) is 5.75 Å². The molecule has 0 aliphatic carbocycles. The van der Waals surface area contributed by atoms with E-state index in [1.54, 1.807) is 18.4 Å². The largest absolute Gasteiger partial charge is 0.496 e. The van der Waals surface area contributed by atoms with E-state index in [1.807, 2.05) is 6.07 Å². The molecule has 1 heterocycles. The number of hydrogen-bond acceptors (Lipinski definition) is 3. The fraction of sp³-hybridized carbons (Fsp3) is 0.333. The highest BCUT2D eigenvalue weighted by atomic mass is 79.9. The van der Waals surface area contributed by atoms with Crippen molar-refractivity contribution in [1.29, 1.82) is 0 Å². The molecule has 0 saturated heterocycles. The Bertz CT molecular complexity index is 571. The quantitative estimate of drug-likeness (QED) is 0.698. The van der Waals surface area contributed by atoms with Gasteiger partial charge in [-0.25, -0.2) is 0 Å². The number of rotatable bonds is 6. The Morgan fingerprint density at radius 3 is 2.70 bits per heavy atom. The summed E-state index contributed by atoms with van der Waals surface area (Å²) in [5.41, 5.74) is 1.19. The molecule has 0 saturated carbocycles. The Morgan fingerprint density at radius 2 is 2.10 bits per heavy atom. The summed E-state index contributed by atoms with van der Waals surface area (Å²) in [7, 11) is 1.72. The molecule has 1 unspecified atom stereocenters. The first-order chi connectivity index (χ1) is 9.65. The molecule has 0 fully saturated rings. The van der Waals surface area contributed by atoms with Crippen LogP contribution < -0.4 is 10.1 Å². The average Bonchev–Trinajstić information content (AvgIpc) is 2.84. The van der Waals surface area contributed by atoms with Gasteiger partial charge in [-0.15, -0.1) is 11.3 Å². The van der Waals surface area contributed by atoms with Crippen molar-refractivity contribution in [1.82, 2.24) is 5.32 Å². The third-order valence-corrected chi connectivity index (χ3v) is 5.54. The highest BCUT2D eigenvalue weighted by molar-refractivity contribution is 9.10. The van der Waals surface area contributed by atoms with Gasteiger partial charge in [-0.05, 0) is 46.1 Å². The van der Waals surface area contributed by atoms with Crippen molar-refractivity contribution in [3.05, 3.63) is 49.0 Å². The molecule has 1 N–H and O–H groups in total. The van der Waals surface area contributed by atoms with Gasteiger partial charge in [0.25, 0.3) is 0 Å². The Balaban J connectivity index is 2.30. The highest BCUT2D eigenvalue weighted by Gasteiger charge is 2.18. The zero-order valence-corrected chi connectivity index (χ0v) is 15.4. The Labute approximate surface area is 140 Å². The van der Waals surface area contributed by atoms with Crippen molar-refractivity contribution in [2.45, 2.75) is 19.4 Å². The lowest BCUT2D eigenvalue weighted by atomic mass is 10.0. The van der Waals surface area contributed by atoms with Crippen molar-refractivity contribution >= 4 is 43.2 Å². The molecule has 2 nitrogen and oxygen atoms in total. The van der Waals surface area contributed by atoms with Crippen LogP contribution in [0.3, 0.4) is 0 Å². The fourth-order valence-corrected chi connectivity index (χ4v) is 4.07. The van der Waals surface area contributed by atoms with Crippen LogP contribution in [0, 0.1) is 0 Å². The lowest BCUT2D eigenvalue weighted by molar-refractivity contribution is 0.399. The van der Waals surface area contributed by atoms with E-state index < -0.39 is 0 Å². The van der Waals surface area contributed by atoms with Crippen LogP contribution in [-0.2, 0) is 6.42 Å². The summed E-state index contributed by atoms with van der Waals surface area (Å²) in [5, 5.41) is 5.66. The number of thiophene rings is 1. The first-order valence-electron chi connectivity index (χ1n) is 6.44. The second kappa shape index (κ2) is 7.59. The predicted molar refractivity (Wildman–Crippen MR) is 92.8 cm³/mol. The van der Waals surface area contributed by atoms with Gasteiger partial charge in [0, 0.05) is 31.8 Å². The molecular weight excluding hydrogens is 402 g/mol. The Morgan fingerprint density at radius 1 is 1.30 bits per heavy atom. The van der Waals surface area contributed by atoms with Crippen molar-refractivity contribution < 1.29 is 4.74 Å². The van der Waals surface area contributed by atoms with Gasteiger partial charge in [-0.3, -0.25) is 0 Å². The van der Waals surface area contributed by atoms with E-state index in [4.69, 9.17) is 4.74 Å². The SMILES string of the molecule is CCNC(Cc1sccc1Br)c1ccc(Br)cc1OC. The average molecular weight is 419 g/mol. The molecule has 20 heavy (non-hydrogen) atoms. The minimum atomic E-state index is 0.248. The van der Waals surface area contributed by atoms with E-state index in [9.17, 15) is 0 Å². The molecule has 5 heteroatoms. The Hall–Kier alpha value is -0.360. The van der Waals surface area contributed by atoms with Crippen molar-refractivity contribution in [2.75, 3.05) is 13.7 Å². The molecular formula is C15H17Br2NOS. The normalized spacial score (nSPS) is 12.4. The van der Waals surface area contributed by atoms with Gasteiger partial charge >= 0.3 is 0 Å². The van der Waals surface area contributed by atoms with Gasteiger partial charge in [-0.2, -0.15) is 0 Å². The lowest BCUT2D eigenvalue weighted by Gasteiger charge is -2.20. The molecule has 0 radical (unpaired) electrons. The smallest absolute Gasteiger partial charge is 0.124 e. The number of nitrogens with one attached hydrogen (secondary N) is 1. The summed E-state index contributed by atoms with van der Waals surface area (Å²) in [5.74, 6) is 0.915. The topological polar surface area (TPSA) is 21.3 Å². The molecule has 2 aromatic rings. The number of hydrogen-bond donors (Lipinski definition) is 1. The first-order valence-corrected chi connectivity index (χ1v) is 8.91. The van der Waals surface area contributed by atoms with Crippen LogP contribution in [0.25, 0.3) is 0 Å². The second-order valence-corrected chi connectivity index (χ2v) is 7.16. The summed E-state index contributed by atoms with van der Waals surface area (Å²) in [6.07, 6.45) is 0.948. The maximum atomic E-state index is 5.52. The molecule has 1 aromatic heterocycles. The monoisotopic (exact) mass is 417 g/mol. The summed E-state index contributed by atoms with van der Waals surface area (Å²) < 4.78 is 7.74. The van der Waals surface area contributed by atoms with Crippen molar-refractivity contribution in [3.63, 3.8) is 0 Å². The second-order valence-electron chi connectivity index (χ2n) is 4.39. The van der Waals surface area contributed by atoms with E-state index in [2.05, 4.69) is 67.7 Å². The third-order valence-electron chi connectivity index (χ3n) is 3.10. The molecule has 0 bridgehead atoms. The molecule has 1 atom stereocenters. The minimum Gasteiger partial charge on any atom is -0.496 e. The van der Waals surface area contributed by atoms with Crippen LogP contribution in [0.4, 0.5) is 0 Å². The lowest BCUT2D eigenvalue weighted by Crippen LogP contribution is -2.23. The number of halogens is 2. The standard InChI is InChI=1S/C15H17Br2NOS/c1-3-18-13(9-15-12(17)6-7-20-15)11-5-4-10(16)8-14(11)19-2/h4-8,13,18H,3,9H2,1-2H3. The maximum absolute atomic E-state index is 5.52. The number of methoxy groups -OCH3 is 1. The fourth-order valence-electron chi connectivity index (χ4n) is 2.17. The zero-order valence-electron chi connectivity index (χ0n) is 11.5. The van der Waals surface area contributed by atoms with E-state index in [-0.39, 0.29) is 6.04 Å². The van der Waals surface area contributed by atoms with Gasteiger partial charge in [0.1, 0.15) is 5.75 Å². The minimum absolute atomic E-state index is 0.248. The van der Waals surface area contributed by atoms with E-state index in [1.165, 1.54) is 14.9 Å². The number of benzene rings is 1. The zero-order chi connectivity index (χ0) is 14.5. The van der Waals surface area contributed by atoms with Crippen molar-refractivity contribution in [2.24, 2.45) is 0 Å². The van der Waals surface area contributed by atoms with Gasteiger partial charge < -0.3 is 10.1 Å². The Kier molecular flexibility index (Phi) is 6.08. The molecule has 0 aliphatic heterocycles. The third kappa shape index (κ3) is 3.85. The van der Waals surface area contributed by atoms with E-state index in [0.29, 0.717) is 0 Å². The van der Waals surface area contributed by atoms with Gasteiger partial charge in [0.15, 0.2) is 0 Å². The van der Waals surface area contributed by atoms with Gasteiger partial charge in [0.2, 0.25) is 0 Å². The maximum Gasteiger partial charge on any atom is 0.124 e. The molecule has 1 aromatic carbocycles. The van der Waals surface area contributed by atoms with Gasteiger partial charge in [-0.1, -0.05) is 28.9 Å². The van der Waals surface area contributed by atoms with E-state index >= 15 is 0 Å². The van der Waals surface area contributed by atoms with Crippen LogP contribution in [0.2, 0.25) is 0 Å². The molecule has 108 valence electrons. The molecule has 2 rings (SSSR count). The summed E-state index contributed by atoms with van der Waals surface area (Å²) >= 11 is 8.88. The van der Waals surface area contributed by atoms with Crippen molar-refractivity contribution in [3.8, 4) is 5.75 Å². The summed E-state index contributed by atoms with van der Waals surface area (Å²) in [6.45, 7) is 3.05. The molecule has 0 amide bonds. The van der Waals surface area contributed by atoms with Gasteiger partial charge in [0.05, 0.1) is 7.11 Å². The van der Waals surface area contributed by atoms with Crippen LogP contribution in [-0.4, -0.2) is 13.7 Å². The first kappa shape index (κ1) is 16.0. The van der Waals surface area contributed by atoms with Crippen LogP contribution in [0.15, 0.2) is 38.6 Å². The molecule has 0 aliphatic rings. The molecule has 0 spiro atoms. The predicted octanol–water partition coefficient (Wildman–Crippen LogP) is 5.18. The van der Waals surface area contributed by atoms with E-state index in [0.717, 1.165) is 23.2 Å². The van der Waals surface area contributed by atoms with Crippen LogP contribution >= 0.6 is 43.2 Å². The highest BCUT2D eigenvalue weighted by Crippen LogP contribution is 2.33. The number of likely N-dealkylation sites (N-methyl/N-ethyl adjacent to an activating group) is 1.